The zero-order chi connectivity index (χ0) is 17.2. The molecule has 0 unspecified atom stereocenters. The lowest BCUT2D eigenvalue weighted by molar-refractivity contribution is -0.140. The van der Waals surface area contributed by atoms with Gasteiger partial charge in [0.05, 0.1) is 0 Å². The minimum Gasteiger partial charge on any atom is -0.339 e. The van der Waals surface area contributed by atoms with E-state index >= 15 is 0 Å². The molecule has 0 aromatic carbocycles. The molecule has 1 aromatic heterocycles. The van der Waals surface area contributed by atoms with Crippen LogP contribution in [-0.4, -0.2) is 54.2 Å². The highest BCUT2D eigenvalue weighted by molar-refractivity contribution is 7.89. The normalized spacial score (nSPS) is 25.5. The summed E-state index contributed by atoms with van der Waals surface area (Å²) in [5.41, 5.74) is 0. The minimum atomic E-state index is -3.49. The van der Waals surface area contributed by atoms with Crippen molar-refractivity contribution in [1.29, 1.82) is 0 Å². The second-order valence-electron chi connectivity index (χ2n) is 6.65. The van der Waals surface area contributed by atoms with E-state index in [2.05, 4.69) is 11.9 Å². The number of sulfonamides is 1. The van der Waals surface area contributed by atoms with E-state index in [0.29, 0.717) is 19.5 Å². The first-order valence-electron chi connectivity index (χ1n) is 8.73. The van der Waals surface area contributed by atoms with Crippen LogP contribution in [0.5, 0.6) is 0 Å². The second-order valence-corrected chi connectivity index (χ2v) is 8.59. The summed E-state index contributed by atoms with van der Waals surface area (Å²) in [5, 5.41) is 0. The van der Waals surface area contributed by atoms with Crippen LogP contribution in [0.25, 0.3) is 0 Å². The lowest BCUT2D eigenvalue weighted by Crippen LogP contribution is -2.56. The molecule has 2 atom stereocenters. The van der Waals surface area contributed by atoms with Gasteiger partial charge in [-0.05, 0) is 37.3 Å². The van der Waals surface area contributed by atoms with Gasteiger partial charge in [0.1, 0.15) is 4.90 Å². The van der Waals surface area contributed by atoms with Crippen LogP contribution in [-0.2, 0) is 14.8 Å². The number of carbonyl (C=O) groups is 1. The molecule has 0 aliphatic carbocycles. The standard InChI is InChI=1S/C17H25N3O3S/c1-2-3-10-20-16-8-11-19(13-14(16)6-7-17(20)21)24(22,23)15-5-4-9-18-12-15/h4-5,9,12,14,16H,2-3,6-8,10-11,13H2,1H3/t14-,16+/m0/s1. The Labute approximate surface area is 143 Å². The fourth-order valence-corrected chi connectivity index (χ4v) is 5.28. The predicted molar refractivity (Wildman–Crippen MR) is 90.7 cm³/mol. The van der Waals surface area contributed by atoms with Crippen LogP contribution in [0.3, 0.4) is 0 Å². The van der Waals surface area contributed by atoms with Crippen molar-refractivity contribution in [2.24, 2.45) is 5.92 Å². The maximum absolute atomic E-state index is 12.8. The maximum Gasteiger partial charge on any atom is 0.244 e. The molecule has 3 heterocycles. The third-order valence-electron chi connectivity index (χ3n) is 5.13. The topological polar surface area (TPSA) is 70.6 Å². The van der Waals surface area contributed by atoms with E-state index in [4.69, 9.17) is 0 Å². The van der Waals surface area contributed by atoms with Gasteiger partial charge >= 0.3 is 0 Å². The van der Waals surface area contributed by atoms with Crippen molar-refractivity contribution in [2.45, 2.75) is 50.0 Å². The molecule has 2 saturated heterocycles. The number of pyridine rings is 1. The van der Waals surface area contributed by atoms with Gasteiger partial charge in [-0.1, -0.05) is 13.3 Å². The Morgan fingerprint density at radius 3 is 2.88 bits per heavy atom. The maximum atomic E-state index is 12.8. The predicted octanol–water partition coefficient (Wildman–Crippen LogP) is 1.88. The number of unbranched alkanes of at least 4 members (excludes halogenated alkanes) is 1. The fraction of sp³-hybridized carbons (Fsp3) is 0.647. The highest BCUT2D eigenvalue weighted by Gasteiger charge is 2.41. The van der Waals surface area contributed by atoms with E-state index in [1.165, 1.54) is 6.20 Å². The molecule has 24 heavy (non-hydrogen) atoms. The Hall–Kier alpha value is -1.47. The molecule has 3 rings (SSSR count). The van der Waals surface area contributed by atoms with Gasteiger partial charge in [-0.25, -0.2) is 8.42 Å². The summed E-state index contributed by atoms with van der Waals surface area (Å²) in [5.74, 6) is 0.466. The molecular formula is C17H25N3O3S. The summed E-state index contributed by atoms with van der Waals surface area (Å²) in [6.45, 7) is 3.88. The summed E-state index contributed by atoms with van der Waals surface area (Å²) in [4.78, 5) is 18.4. The quantitative estimate of drug-likeness (QED) is 0.812. The van der Waals surface area contributed by atoms with E-state index in [9.17, 15) is 13.2 Å². The summed E-state index contributed by atoms with van der Waals surface area (Å²) in [7, 11) is -3.49. The molecule has 0 bridgehead atoms. The number of amides is 1. The average molecular weight is 351 g/mol. The molecule has 1 aromatic rings. The highest BCUT2D eigenvalue weighted by Crippen LogP contribution is 2.33. The van der Waals surface area contributed by atoms with Gasteiger partial charge in [0.25, 0.3) is 0 Å². The first kappa shape index (κ1) is 17.4. The molecule has 0 N–H and O–H groups in total. The SMILES string of the molecule is CCCCN1C(=O)CC[C@H]2CN(S(=O)(=O)c3cccnc3)CC[C@H]21. The van der Waals surface area contributed by atoms with Gasteiger partial charge in [0, 0.05) is 44.5 Å². The van der Waals surface area contributed by atoms with Crippen molar-refractivity contribution in [3.05, 3.63) is 24.5 Å². The van der Waals surface area contributed by atoms with E-state index in [1.54, 1.807) is 22.6 Å². The van der Waals surface area contributed by atoms with E-state index < -0.39 is 10.0 Å². The smallest absolute Gasteiger partial charge is 0.244 e. The van der Waals surface area contributed by atoms with Crippen LogP contribution in [0.15, 0.2) is 29.4 Å². The third-order valence-corrected chi connectivity index (χ3v) is 6.98. The average Bonchev–Trinajstić information content (AvgIpc) is 2.61. The highest BCUT2D eigenvalue weighted by atomic mass is 32.2. The Morgan fingerprint density at radius 2 is 2.17 bits per heavy atom. The molecule has 2 aliphatic rings. The van der Waals surface area contributed by atoms with E-state index in [0.717, 1.165) is 32.2 Å². The van der Waals surface area contributed by atoms with Crippen LogP contribution >= 0.6 is 0 Å². The summed E-state index contributed by atoms with van der Waals surface area (Å²) < 4.78 is 27.1. The zero-order valence-corrected chi connectivity index (χ0v) is 14.9. The third kappa shape index (κ3) is 3.32. The van der Waals surface area contributed by atoms with Crippen molar-refractivity contribution in [3.8, 4) is 0 Å². The zero-order valence-electron chi connectivity index (χ0n) is 14.1. The molecule has 132 valence electrons. The van der Waals surface area contributed by atoms with Gasteiger partial charge in [-0.15, -0.1) is 0 Å². The van der Waals surface area contributed by atoms with Crippen LogP contribution < -0.4 is 0 Å². The molecule has 6 nitrogen and oxygen atoms in total. The van der Waals surface area contributed by atoms with Gasteiger partial charge in [0.2, 0.25) is 15.9 Å². The van der Waals surface area contributed by atoms with Crippen LogP contribution in [0.2, 0.25) is 0 Å². The van der Waals surface area contributed by atoms with E-state index in [1.807, 2.05) is 4.90 Å². The molecular weight excluding hydrogens is 326 g/mol. The van der Waals surface area contributed by atoms with Gasteiger partial charge in [0.15, 0.2) is 0 Å². The minimum absolute atomic E-state index is 0.193. The van der Waals surface area contributed by atoms with Gasteiger partial charge in [-0.2, -0.15) is 4.31 Å². The molecule has 0 radical (unpaired) electrons. The Balaban J connectivity index is 1.74. The summed E-state index contributed by atoms with van der Waals surface area (Å²) in [6, 6.07) is 3.43. The summed E-state index contributed by atoms with van der Waals surface area (Å²) in [6.07, 6.45) is 7.08. The van der Waals surface area contributed by atoms with Crippen LogP contribution in [0.1, 0.15) is 39.0 Å². The van der Waals surface area contributed by atoms with Crippen LogP contribution in [0, 0.1) is 5.92 Å². The number of carbonyl (C=O) groups excluding carboxylic acids is 1. The van der Waals surface area contributed by atoms with Gasteiger partial charge in [-0.3, -0.25) is 9.78 Å². The number of hydrogen-bond donors (Lipinski definition) is 0. The number of aromatic nitrogens is 1. The van der Waals surface area contributed by atoms with Crippen molar-refractivity contribution in [3.63, 3.8) is 0 Å². The van der Waals surface area contributed by atoms with Gasteiger partial charge < -0.3 is 4.90 Å². The van der Waals surface area contributed by atoms with Crippen molar-refractivity contribution in [2.75, 3.05) is 19.6 Å². The van der Waals surface area contributed by atoms with Crippen LogP contribution in [0.4, 0.5) is 0 Å². The number of fused-ring (bicyclic) bond motifs is 1. The lowest BCUT2D eigenvalue weighted by atomic mass is 9.84. The Kier molecular flexibility index (Phi) is 5.20. The first-order valence-corrected chi connectivity index (χ1v) is 10.2. The Morgan fingerprint density at radius 1 is 1.33 bits per heavy atom. The van der Waals surface area contributed by atoms with E-state index in [-0.39, 0.29) is 22.8 Å². The first-order chi connectivity index (χ1) is 11.5. The number of rotatable bonds is 5. The number of hydrogen-bond acceptors (Lipinski definition) is 4. The Bertz CT molecular complexity index is 678. The molecule has 1 amide bonds. The fourth-order valence-electron chi connectivity index (χ4n) is 3.80. The lowest BCUT2D eigenvalue weighted by Gasteiger charge is -2.46. The summed E-state index contributed by atoms with van der Waals surface area (Å²) >= 11 is 0. The van der Waals surface area contributed by atoms with Crippen molar-refractivity contribution < 1.29 is 13.2 Å². The number of nitrogens with zero attached hydrogens (tertiary/aromatic N) is 3. The van der Waals surface area contributed by atoms with Crippen molar-refractivity contribution in [1.82, 2.24) is 14.2 Å². The number of piperidine rings is 2. The second kappa shape index (κ2) is 7.19. The molecule has 0 spiro atoms. The molecule has 7 heteroatoms. The largest absolute Gasteiger partial charge is 0.339 e. The molecule has 0 saturated carbocycles. The monoisotopic (exact) mass is 351 g/mol. The molecule has 2 aliphatic heterocycles. The van der Waals surface area contributed by atoms with Crippen molar-refractivity contribution >= 4 is 15.9 Å². The molecule has 2 fully saturated rings. The number of likely N-dealkylation sites (tertiary alicyclic amines) is 1.